The van der Waals surface area contributed by atoms with E-state index in [9.17, 15) is 9.90 Å². The minimum atomic E-state index is -0.272. The number of amides is 1. The van der Waals surface area contributed by atoms with Crippen molar-refractivity contribution in [3.63, 3.8) is 0 Å². The summed E-state index contributed by atoms with van der Waals surface area (Å²) in [6.45, 7) is 1.22. The molecule has 1 aliphatic heterocycles. The minimum Gasteiger partial charge on any atom is -0.393 e. The van der Waals surface area contributed by atoms with Crippen molar-refractivity contribution >= 4 is 16.9 Å². The number of aliphatic hydroxyl groups is 1. The van der Waals surface area contributed by atoms with Gasteiger partial charge in [0.15, 0.2) is 0 Å². The van der Waals surface area contributed by atoms with Crippen molar-refractivity contribution in [2.45, 2.75) is 18.9 Å². The van der Waals surface area contributed by atoms with E-state index < -0.39 is 0 Å². The lowest BCUT2D eigenvalue weighted by Crippen LogP contribution is -2.40. The molecule has 1 N–H and O–H groups in total. The molecule has 1 aromatic carbocycles. The number of nitrogens with zero attached hydrogens (tertiary/aromatic N) is 3. The SMILES string of the molecule is O=C(c1ccc2nccnc2c1)N1CCC(O)CC1. The maximum atomic E-state index is 12.3. The number of rotatable bonds is 1. The smallest absolute Gasteiger partial charge is 0.253 e. The molecular weight excluding hydrogens is 242 g/mol. The molecule has 5 heteroatoms. The van der Waals surface area contributed by atoms with Gasteiger partial charge in [0.1, 0.15) is 0 Å². The Balaban J connectivity index is 1.85. The lowest BCUT2D eigenvalue weighted by molar-refractivity contribution is 0.0546. The maximum Gasteiger partial charge on any atom is 0.253 e. The third-order valence-corrected chi connectivity index (χ3v) is 3.47. The molecule has 1 aliphatic rings. The molecule has 1 amide bonds. The number of hydrogen-bond donors (Lipinski definition) is 1. The second-order valence-corrected chi connectivity index (χ2v) is 4.78. The van der Waals surface area contributed by atoms with Crippen molar-refractivity contribution in [2.75, 3.05) is 13.1 Å². The first kappa shape index (κ1) is 12.0. The lowest BCUT2D eigenvalue weighted by Gasteiger charge is -2.29. The molecule has 0 atom stereocenters. The van der Waals surface area contributed by atoms with Gasteiger partial charge < -0.3 is 10.0 Å². The van der Waals surface area contributed by atoms with Crippen molar-refractivity contribution in [3.8, 4) is 0 Å². The lowest BCUT2D eigenvalue weighted by atomic mass is 10.1. The monoisotopic (exact) mass is 257 g/mol. The van der Waals surface area contributed by atoms with Gasteiger partial charge in [-0.05, 0) is 31.0 Å². The van der Waals surface area contributed by atoms with E-state index in [1.165, 1.54) is 0 Å². The average molecular weight is 257 g/mol. The van der Waals surface area contributed by atoms with Gasteiger partial charge in [-0.25, -0.2) is 0 Å². The number of aliphatic hydroxyl groups excluding tert-OH is 1. The molecule has 2 aromatic rings. The molecule has 1 fully saturated rings. The summed E-state index contributed by atoms with van der Waals surface area (Å²) in [5.74, 6) is -0.000506. The first-order chi connectivity index (χ1) is 9.24. The van der Waals surface area contributed by atoms with Gasteiger partial charge in [0.2, 0.25) is 0 Å². The van der Waals surface area contributed by atoms with Crippen LogP contribution in [0.15, 0.2) is 30.6 Å². The molecule has 5 nitrogen and oxygen atoms in total. The van der Waals surface area contributed by atoms with Gasteiger partial charge in [-0.15, -0.1) is 0 Å². The first-order valence-electron chi connectivity index (χ1n) is 6.42. The molecule has 19 heavy (non-hydrogen) atoms. The maximum absolute atomic E-state index is 12.3. The highest BCUT2D eigenvalue weighted by Gasteiger charge is 2.22. The molecule has 0 unspecified atom stereocenters. The number of carbonyl (C=O) groups excluding carboxylic acids is 1. The number of carbonyl (C=O) groups is 1. The van der Waals surface area contributed by atoms with Crippen LogP contribution in [0.2, 0.25) is 0 Å². The third kappa shape index (κ3) is 2.42. The summed E-state index contributed by atoms with van der Waals surface area (Å²) in [6.07, 6.45) is 4.29. The zero-order valence-electron chi connectivity index (χ0n) is 10.5. The Hall–Kier alpha value is -2.01. The van der Waals surface area contributed by atoms with Gasteiger partial charge in [0, 0.05) is 31.0 Å². The molecule has 1 saturated heterocycles. The predicted octanol–water partition coefficient (Wildman–Crippen LogP) is 1.23. The van der Waals surface area contributed by atoms with Crippen LogP contribution >= 0.6 is 0 Å². The fraction of sp³-hybridized carbons (Fsp3) is 0.357. The highest BCUT2D eigenvalue weighted by atomic mass is 16.3. The first-order valence-corrected chi connectivity index (χ1v) is 6.42. The normalized spacial score (nSPS) is 16.8. The average Bonchev–Trinajstić information content (AvgIpc) is 2.47. The quantitative estimate of drug-likeness (QED) is 0.834. The van der Waals surface area contributed by atoms with Crippen LogP contribution in [0, 0.1) is 0 Å². The summed E-state index contributed by atoms with van der Waals surface area (Å²) in [5, 5.41) is 9.46. The van der Waals surface area contributed by atoms with E-state index in [0.29, 0.717) is 31.5 Å². The highest BCUT2D eigenvalue weighted by Crippen LogP contribution is 2.16. The Morgan fingerprint density at radius 3 is 2.58 bits per heavy atom. The summed E-state index contributed by atoms with van der Waals surface area (Å²) in [5.41, 5.74) is 2.14. The molecular formula is C14H15N3O2. The number of likely N-dealkylation sites (tertiary alicyclic amines) is 1. The standard InChI is InChI=1S/C14H15N3O2/c18-11-3-7-17(8-4-11)14(19)10-1-2-12-13(9-10)16-6-5-15-12/h1-2,5-6,9,11,18H,3-4,7-8H2. The van der Waals surface area contributed by atoms with E-state index in [0.717, 1.165) is 11.0 Å². The second kappa shape index (κ2) is 4.93. The fourth-order valence-electron chi connectivity index (χ4n) is 2.35. The van der Waals surface area contributed by atoms with Crippen molar-refractivity contribution in [3.05, 3.63) is 36.2 Å². The van der Waals surface area contributed by atoms with Gasteiger partial charge in [0.25, 0.3) is 5.91 Å². The Kier molecular flexibility index (Phi) is 3.13. The molecule has 2 heterocycles. The summed E-state index contributed by atoms with van der Waals surface area (Å²) >= 11 is 0. The number of aromatic nitrogens is 2. The molecule has 0 saturated carbocycles. The van der Waals surface area contributed by atoms with Crippen LogP contribution in [0.4, 0.5) is 0 Å². The number of benzene rings is 1. The van der Waals surface area contributed by atoms with Crippen LogP contribution in [-0.4, -0.2) is 45.1 Å². The van der Waals surface area contributed by atoms with E-state index in [4.69, 9.17) is 0 Å². The van der Waals surface area contributed by atoms with Crippen molar-refractivity contribution in [1.82, 2.24) is 14.9 Å². The van der Waals surface area contributed by atoms with Crippen molar-refractivity contribution in [1.29, 1.82) is 0 Å². The van der Waals surface area contributed by atoms with E-state index in [-0.39, 0.29) is 12.0 Å². The molecule has 0 radical (unpaired) electrons. The predicted molar refractivity (Wildman–Crippen MR) is 70.7 cm³/mol. The minimum absolute atomic E-state index is 0.000506. The van der Waals surface area contributed by atoms with Crippen LogP contribution in [-0.2, 0) is 0 Å². The number of hydrogen-bond acceptors (Lipinski definition) is 4. The van der Waals surface area contributed by atoms with Gasteiger partial charge in [-0.2, -0.15) is 0 Å². The largest absolute Gasteiger partial charge is 0.393 e. The van der Waals surface area contributed by atoms with Crippen molar-refractivity contribution in [2.24, 2.45) is 0 Å². The molecule has 0 aliphatic carbocycles. The van der Waals surface area contributed by atoms with Crippen molar-refractivity contribution < 1.29 is 9.90 Å². The fourth-order valence-corrected chi connectivity index (χ4v) is 2.35. The van der Waals surface area contributed by atoms with Crippen LogP contribution in [0.1, 0.15) is 23.2 Å². The molecule has 3 rings (SSSR count). The second-order valence-electron chi connectivity index (χ2n) is 4.78. The van der Waals surface area contributed by atoms with Gasteiger partial charge in [-0.3, -0.25) is 14.8 Å². The summed E-state index contributed by atoms with van der Waals surface area (Å²) in [6, 6.07) is 5.37. The summed E-state index contributed by atoms with van der Waals surface area (Å²) in [7, 11) is 0. The Morgan fingerprint density at radius 2 is 1.84 bits per heavy atom. The van der Waals surface area contributed by atoms with E-state index in [1.807, 2.05) is 6.07 Å². The number of piperidine rings is 1. The zero-order chi connectivity index (χ0) is 13.2. The van der Waals surface area contributed by atoms with E-state index in [1.54, 1.807) is 29.4 Å². The Labute approximate surface area is 110 Å². The Morgan fingerprint density at radius 1 is 1.16 bits per heavy atom. The van der Waals surface area contributed by atoms with E-state index in [2.05, 4.69) is 9.97 Å². The summed E-state index contributed by atoms with van der Waals surface area (Å²) in [4.78, 5) is 22.5. The van der Waals surface area contributed by atoms with Crippen LogP contribution in [0.3, 0.4) is 0 Å². The van der Waals surface area contributed by atoms with Crippen LogP contribution in [0.5, 0.6) is 0 Å². The third-order valence-electron chi connectivity index (χ3n) is 3.47. The molecule has 0 bridgehead atoms. The van der Waals surface area contributed by atoms with Gasteiger partial charge in [-0.1, -0.05) is 0 Å². The van der Waals surface area contributed by atoms with Crippen LogP contribution in [0.25, 0.3) is 11.0 Å². The number of fused-ring (bicyclic) bond motifs is 1. The molecule has 0 spiro atoms. The summed E-state index contributed by atoms with van der Waals surface area (Å²) < 4.78 is 0. The van der Waals surface area contributed by atoms with Gasteiger partial charge >= 0.3 is 0 Å². The zero-order valence-corrected chi connectivity index (χ0v) is 10.5. The van der Waals surface area contributed by atoms with E-state index >= 15 is 0 Å². The van der Waals surface area contributed by atoms with Crippen LogP contribution < -0.4 is 0 Å². The topological polar surface area (TPSA) is 66.3 Å². The Bertz CT molecular complexity index is 606. The molecule has 98 valence electrons. The molecule has 1 aromatic heterocycles. The van der Waals surface area contributed by atoms with Gasteiger partial charge in [0.05, 0.1) is 17.1 Å². The highest BCUT2D eigenvalue weighted by molar-refractivity contribution is 5.97.